The lowest BCUT2D eigenvalue weighted by atomic mass is 10.0. The summed E-state index contributed by atoms with van der Waals surface area (Å²) in [5.41, 5.74) is 4.94. The summed E-state index contributed by atoms with van der Waals surface area (Å²) in [7, 11) is 0. The van der Waals surface area contributed by atoms with Crippen molar-refractivity contribution in [1.29, 1.82) is 0 Å². The van der Waals surface area contributed by atoms with Crippen molar-refractivity contribution in [2.24, 2.45) is 11.7 Å². The van der Waals surface area contributed by atoms with Crippen LogP contribution in [0.3, 0.4) is 0 Å². The average molecular weight is 281 g/mol. The highest BCUT2D eigenvalue weighted by atomic mass is 16.6. The van der Waals surface area contributed by atoms with E-state index in [4.69, 9.17) is 5.73 Å². The molecule has 7 heteroatoms. The van der Waals surface area contributed by atoms with Crippen LogP contribution in [0.25, 0.3) is 0 Å². The van der Waals surface area contributed by atoms with Crippen molar-refractivity contribution in [1.82, 2.24) is 0 Å². The van der Waals surface area contributed by atoms with Crippen molar-refractivity contribution >= 4 is 17.3 Å². The maximum atomic E-state index is 11.8. The molecule has 4 N–H and O–H groups in total. The fourth-order valence-corrected chi connectivity index (χ4v) is 1.82. The zero-order valence-electron chi connectivity index (χ0n) is 11.3. The minimum Gasteiger partial charge on any atom is -0.505 e. The molecule has 1 aromatic carbocycles. The molecule has 1 amide bonds. The standard InChI is InChI=1S/C13H19N3O4/c1-9(7-8-14)5-6-12(18)15-13-10(16(19)20)3-2-4-11(13)17/h2-4,9,17H,5-8,14H2,1H3,(H,15,18). The minimum atomic E-state index is -0.646. The highest BCUT2D eigenvalue weighted by Crippen LogP contribution is 2.33. The van der Waals surface area contributed by atoms with Gasteiger partial charge in [0.1, 0.15) is 5.75 Å². The van der Waals surface area contributed by atoms with Crippen LogP contribution < -0.4 is 11.1 Å². The van der Waals surface area contributed by atoms with Crippen molar-refractivity contribution in [3.63, 3.8) is 0 Å². The van der Waals surface area contributed by atoms with Gasteiger partial charge in [0.2, 0.25) is 5.91 Å². The van der Waals surface area contributed by atoms with Crippen LogP contribution in [0.2, 0.25) is 0 Å². The van der Waals surface area contributed by atoms with Gasteiger partial charge in [-0.3, -0.25) is 14.9 Å². The molecule has 0 bridgehead atoms. The Bertz CT molecular complexity index is 491. The van der Waals surface area contributed by atoms with E-state index in [-0.39, 0.29) is 29.5 Å². The zero-order chi connectivity index (χ0) is 15.1. The van der Waals surface area contributed by atoms with E-state index in [0.29, 0.717) is 18.9 Å². The number of phenolic OH excluding ortho intramolecular Hbond substituents is 1. The van der Waals surface area contributed by atoms with Gasteiger partial charge in [-0.1, -0.05) is 13.0 Å². The Morgan fingerprint density at radius 3 is 2.80 bits per heavy atom. The van der Waals surface area contributed by atoms with Gasteiger partial charge < -0.3 is 16.2 Å². The molecule has 0 saturated carbocycles. The zero-order valence-corrected chi connectivity index (χ0v) is 11.3. The first-order valence-corrected chi connectivity index (χ1v) is 6.42. The molecule has 1 aromatic rings. The number of nitrogens with zero attached hydrogens (tertiary/aromatic N) is 1. The molecule has 7 nitrogen and oxygen atoms in total. The predicted octanol–water partition coefficient (Wildman–Crippen LogP) is 2.00. The number of phenols is 1. The van der Waals surface area contributed by atoms with Crippen molar-refractivity contribution < 1.29 is 14.8 Å². The molecular weight excluding hydrogens is 262 g/mol. The van der Waals surface area contributed by atoms with Gasteiger partial charge in [-0.2, -0.15) is 0 Å². The van der Waals surface area contributed by atoms with Gasteiger partial charge in [0, 0.05) is 12.5 Å². The van der Waals surface area contributed by atoms with Crippen LogP contribution in [-0.4, -0.2) is 22.5 Å². The quantitative estimate of drug-likeness (QED) is 0.401. The van der Waals surface area contributed by atoms with E-state index in [0.717, 1.165) is 6.42 Å². The Balaban J connectivity index is 2.69. The van der Waals surface area contributed by atoms with Crippen LogP contribution in [0.15, 0.2) is 18.2 Å². The largest absolute Gasteiger partial charge is 0.505 e. The first-order valence-electron chi connectivity index (χ1n) is 6.42. The number of rotatable bonds is 7. The van der Waals surface area contributed by atoms with Crippen molar-refractivity contribution in [2.75, 3.05) is 11.9 Å². The number of anilines is 1. The van der Waals surface area contributed by atoms with Crippen LogP contribution in [0.1, 0.15) is 26.2 Å². The summed E-state index contributed by atoms with van der Waals surface area (Å²) >= 11 is 0. The number of carbonyl (C=O) groups excluding carboxylic acids is 1. The van der Waals surface area contributed by atoms with E-state index in [1.807, 2.05) is 6.92 Å². The Morgan fingerprint density at radius 1 is 1.50 bits per heavy atom. The lowest BCUT2D eigenvalue weighted by molar-refractivity contribution is -0.384. The van der Waals surface area contributed by atoms with E-state index in [9.17, 15) is 20.0 Å². The van der Waals surface area contributed by atoms with Gasteiger partial charge in [0.15, 0.2) is 5.69 Å². The summed E-state index contributed by atoms with van der Waals surface area (Å²) in [5, 5.41) is 22.8. The van der Waals surface area contributed by atoms with Gasteiger partial charge in [-0.25, -0.2) is 0 Å². The lowest BCUT2D eigenvalue weighted by Crippen LogP contribution is -2.15. The summed E-state index contributed by atoms with van der Waals surface area (Å²) in [6, 6.07) is 3.87. The number of nitrogens with one attached hydrogen (secondary N) is 1. The summed E-state index contributed by atoms with van der Waals surface area (Å²) in [6.45, 7) is 2.55. The number of nitro groups is 1. The number of aromatic hydroxyl groups is 1. The Kier molecular flexibility index (Phi) is 5.92. The molecule has 0 saturated heterocycles. The van der Waals surface area contributed by atoms with Gasteiger partial charge in [0.05, 0.1) is 4.92 Å². The lowest BCUT2D eigenvalue weighted by Gasteiger charge is -2.10. The third-order valence-electron chi connectivity index (χ3n) is 3.01. The van der Waals surface area contributed by atoms with E-state index in [2.05, 4.69) is 5.32 Å². The molecule has 0 aliphatic carbocycles. The number of carbonyl (C=O) groups is 1. The maximum absolute atomic E-state index is 11.8. The minimum absolute atomic E-state index is 0.158. The molecule has 1 unspecified atom stereocenters. The molecule has 0 spiro atoms. The molecule has 0 aliphatic heterocycles. The van der Waals surface area contributed by atoms with Crippen molar-refractivity contribution in [3.8, 4) is 5.75 Å². The number of nitrogens with two attached hydrogens (primary N) is 1. The molecule has 0 radical (unpaired) electrons. The second kappa shape index (κ2) is 7.44. The molecule has 110 valence electrons. The fourth-order valence-electron chi connectivity index (χ4n) is 1.82. The van der Waals surface area contributed by atoms with E-state index in [1.54, 1.807) is 0 Å². The Labute approximate surface area is 116 Å². The maximum Gasteiger partial charge on any atom is 0.296 e. The normalized spacial score (nSPS) is 11.9. The van der Waals surface area contributed by atoms with Gasteiger partial charge >= 0.3 is 0 Å². The first-order chi connectivity index (χ1) is 9.45. The predicted molar refractivity (Wildman–Crippen MR) is 75.5 cm³/mol. The molecular formula is C13H19N3O4. The van der Waals surface area contributed by atoms with Gasteiger partial charge in [-0.15, -0.1) is 0 Å². The topological polar surface area (TPSA) is 118 Å². The van der Waals surface area contributed by atoms with Crippen LogP contribution >= 0.6 is 0 Å². The summed E-state index contributed by atoms with van der Waals surface area (Å²) in [6.07, 6.45) is 1.70. The number of nitro benzene ring substituents is 1. The van der Waals surface area contributed by atoms with Crippen molar-refractivity contribution in [2.45, 2.75) is 26.2 Å². The SMILES string of the molecule is CC(CCN)CCC(=O)Nc1c(O)cccc1[N+](=O)[O-]. The Morgan fingerprint density at radius 2 is 2.20 bits per heavy atom. The molecule has 20 heavy (non-hydrogen) atoms. The number of benzene rings is 1. The third-order valence-corrected chi connectivity index (χ3v) is 3.01. The highest BCUT2D eigenvalue weighted by Gasteiger charge is 2.19. The number of hydrogen-bond donors (Lipinski definition) is 3. The molecule has 0 fully saturated rings. The molecule has 0 aliphatic rings. The first kappa shape index (κ1) is 15.9. The van der Waals surface area contributed by atoms with Crippen molar-refractivity contribution in [3.05, 3.63) is 28.3 Å². The average Bonchev–Trinajstić information content (AvgIpc) is 2.39. The molecule has 0 aromatic heterocycles. The second-order valence-electron chi connectivity index (χ2n) is 4.70. The molecule has 1 rings (SSSR count). The van der Waals surface area contributed by atoms with Crippen LogP contribution in [0.5, 0.6) is 5.75 Å². The number of amides is 1. The number of hydrogen-bond acceptors (Lipinski definition) is 5. The number of para-hydroxylation sites is 1. The monoisotopic (exact) mass is 281 g/mol. The highest BCUT2D eigenvalue weighted by molar-refractivity contribution is 5.94. The van der Waals surface area contributed by atoms with E-state index >= 15 is 0 Å². The molecule has 0 heterocycles. The summed E-state index contributed by atoms with van der Waals surface area (Å²) in [4.78, 5) is 22.0. The third kappa shape index (κ3) is 4.51. The van der Waals surface area contributed by atoms with E-state index < -0.39 is 4.92 Å². The molecule has 1 atom stereocenters. The second-order valence-corrected chi connectivity index (χ2v) is 4.70. The van der Waals surface area contributed by atoms with Crippen LogP contribution in [-0.2, 0) is 4.79 Å². The Hall–Kier alpha value is -2.15. The van der Waals surface area contributed by atoms with Gasteiger partial charge in [0.25, 0.3) is 5.69 Å². The summed E-state index contributed by atoms with van der Waals surface area (Å²) < 4.78 is 0. The van der Waals surface area contributed by atoms with Gasteiger partial charge in [-0.05, 0) is 31.4 Å². The van der Waals surface area contributed by atoms with Crippen LogP contribution in [0, 0.1) is 16.0 Å². The van der Waals surface area contributed by atoms with E-state index in [1.165, 1.54) is 18.2 Å². The van der Waals surface area contributed by atoms with Crippen LogP contribution in [0.4, 0.5) is 11.4 Å². The smallest absolute Gasteiger partial charge is 0.296 e. The summed E-state index contributed by atoms with van der Waals surface area (Å²) in [5.74, 6) is -0.369. The fraction of sp³-hybridized carbons (Fsp3) is 0.462.